The van der Waals surface area contributed by atoms with Gasteiger partial charge in [0, 0.05) is 36.0 Å². The molecule has 3 rings (SSSR count). The number of thiazole rings is 1. The Morgan fingerprint density at radius 1 is 1.23 bits per heavy atom. The molecular weight excluding hydrogens is 509 g/mol. The van der Waals surface area contributed by atoms with Crippen molar-refractivity contribution in [2.75, 3.05) is 18.0 Å². The number of aromatic nitrogens is 1. The zero-order chi connectivity index (χ0) is 20.9. The van der Waals surface area contributed by atoms with Crippen molar-refractivity contribution in [3.05, 3.63) is 45.9 Å². The highest BCUT2D eigenvalue weighted by Gasteiger charge is 2.21. The predicted molar refractivity (Wildman–Crippen MR) is 136 cm³/mol. The van der Waals surface area contributed by atoms with Gasteiger partial charge in [0.05, 0.1) is 18.8 Å². The molecule has 0 atom stereocenters. The second kappa shape index (κ2) is 11.1. The van der Waals surface area contributed by atoms with E-state index in [1.165, 1.54) is 0 Å². The summed E-state index contributed by atoms with van der Waals surface area (Å²) in [5, 5.41) is 9.84. The third-order valence-corrected chi connectivity index (χ3v) is 5.66. The van der Waals surface area contributed by atoms with Gasteiger partial charge in [0.25, 0.3) is 0 Å². The topological polar surface area (TPSA) is 69.6 Å². The molecule has 30 heavy (non-hydrogen) atoms. The lowest BCUT2D eigenvalue weighted by Crippen LogP contribution is -2.36. The van der Waals surface area contributed by atoms with Crippen LogP contribution in [0.5, 0.6) is 0 Å². The molecule has 6 nitrogen and oxygen atoms in total. The minimum Gasteiger partial charge on any atom is -0.357 e. The van der Waals surface area contributed by atoms with Gasteiger partial charge in [-0.2, -0.15) is 0 Å². The van der Waals surface area contributed by atoms with E-state index in [-0.39, 0.29) is 35.3 Å². The van der Waals surface area contributed by atoms with Crippen molar-refractivity contribution in [1.82, 2.24) is 15.6 Å². The second-order valence-electron chi connectivity index (χ2n) is 8.24. The second-order valence-corrected chi connectivity index (χ2v) is 9.18. The van der Waals surface area contributed by atoms with Crippen LogP contribution >= 0.6 is 35.3 Å². The van der Waals surface area contributed by atoms with Gasteiger partial charge in [0.2, 0.25) is 5.91 Å². The fourth-order valence-electron chi connectivity index (χ4n) is 3.11. The van der Waals surface area contributed by atoms with Crippen LogP contribution in [0.4, 0.5) is 5.69 Å². The smallest absolute Gasteiger partial charge is 0.227 e. The zero-order valence-electron chi connectivity index (χ0n) is 18.2. The summed E-state index contributed by atoms with van der Waals surface area (Å²) in [6.45, 7) is 11.4. The van der Waals surface area contributed by atoms with E-state index in [0.29, 0.717) is 19.5 Å². The Bertz CT molecular complexity index is 857. The highest BCUT2D eigenvalue weighted by Crippen LogP contribution is 2.24. The van der Waals surface area contributed by atoms with Gasteiger partial charge in [-0.05, 0) is 31.0 Å². The molecule has 8 heteroatoms. The summed E-state index contributed by atoms with van der Waals surface area (Å²) >= 11 is 1.68. The van der Waals surface area contributed by atoms with Gasteiger partial charge < -0.3 is 15.5 Å². The summed E-state index contributed by atoms with van der Waals surface area (Å²) < 4.78 is 0. The Balaban J connectivity index is 0.00000320. The zero-order valence-corrected chi connectivity index (χ0v) is 21.3. The number of halogens is 1. The average molecular weight is 542 g/mol. The molecule has 1 fully saturated rings. The number of carbonyl (C=O) groups excluding carboxylic acids is 1. The molecule has 0 saturated carbocycles. The molecule has 1 aliphatic rings. The molecule has 0 aliphatic carbocycles. The van der Waals surface area contributed by atoms with E-state index in [2.05, 4.69) is 48.7 Å². The Morgan fingerprint density at radius 3 is 2.53 bits per heavy atom. The van der Waals surface area contributed by atoms with Gasteiger partial charge in [-0.25, -0.2) is 9.98 Å². The van der Waals surface area contributed by atoms with Gasteiger partial charge in [-0.15, -0.1) is 35.3 Å². The van der Waals surface area contributed by atoms with Crippen LogP contribution in [0.2, 0.25) is 0 Å². The Morgan fingerprint density at radius 2 is 1.97 bits per heavy atom. The number of rotatable bonds is 6. The number of nitrogens with one attached hydrogen (secondary N) is 2. The standard InChI is InChI=1S/C22H31N5OS.HI/c1-5-23-21(25-14-19-26-18(15-29-19)22(2,3)4)24-13-16-8-10-17(11-9-16)27-12-6-7-20(27)28;/h8-11,15H,5-7,12-14H2,1-4H3,(H2,23,24,25);1H. The van der Waals surface area contributed by atoms with E-state index < -0.39 is 0 Å². The SMILES string of the molecule is CCNC(=NCc1ccc(N2CCCC2=O)cc1)NCc1nc(C(C)(C)C)cs1.I. The van der Waals surface area contributed by atoms with E-state index in [1.807, 2.05) is 29.2 Å². The number of nitrogens with zero attached hydrogens (tertiary/aromatic N) is 3. The summed E-state index contributed by atoms with van der Waals surface area (Å²) in [4.78, 5) is 23.1. The first-order valence-electron chi connectivity index (χ1n) is 10.2. The number of hydrogen-bond acceptors (Lipinski definition) is 4. The molecular formula is C22H32IN5OS. The molecule has 1 saturated heterocycles. The molecule has 0 radical (unpaired) electrons. The highest BCUT2D eigenvalue weighted by atomic mass is 127. The Hall–Kier alpha value is -1.68. The number of amides is 1. The lowest BCUT2D eigenvalue weighted by Gasteiger charge is -2.16. The fraction of sp³-hybridized carbons (Fsp3) is 0.500. The van der Waals surface area contributed by atoms with Gasteiger partial charge >= 0.3 is 0 Å². The number of benzene rings is 1. The number of anilines is 1. The molecule has 1 amide bonds. The van der Waals surface area contributed by atoms with Crippen LogP contribution in [0.3, 0.4) is 0 Å². The molecule has 2 heterocycles. The maximum absolute atomic E-state index is 11.9. The highest BCUT2D eigenvalue weighted by molar-refractivity contribution is 14.0. The molecule has 0 bridgehead atoms. The summed E-state index contributed by atoms with van der Waals surface area (Å²) in [6, 6.07) is 8.12. The van der Waals surface area contributed by atoms with E-state index in [1.54, 1.807) is 11.3 Å². The molecule has 164 valence electrons. The first-order chi connectivity index (χ1) is 13.9. The molecule has 0 unspecified atom stereocenters. The summed E-state index contributed by atoms with van der Waals surface area (Å²) in [5.74, 6) is 0.991. The van der Waals surface area contributed by atoms with Crippen LogP contribution in [0.15, 0.2) is 34.6 Å². The lowest BCUT2D eigenvalue weighted by atomic mass is 9.93. The average Bonchev–Trinajstić information content (AvgIpc) is 3.33. The van der Waals surface area contributed by atoms with E-state index in [0.717, 1.165) is 47.4 Å². The van der Waals surface area contributed by atoms with Gasteiger partial charge in [0.1, 0.15) is 5.01 Å². The quantitative estimate of drug-likeness (QED) is 0.323. The Labute approximate surface area is 200 Å². The maximum atomic E-state index is 11.9. The molecule has 1 aliphatic heterocycles. The molecule has 1 aromatic heterocycles. The first-order valence-corrected chi connectivity index (χ1v) is 11.1. The van der Waals surface area contributed by atoms with Gasteiger partial charge in [0.15, 0.2) is 5.96 Å². The van der Waals surface area contributed by atoms with Crippen molar-refractivity contribution in [3.63, 3.8) is 0 Å². The van der Waals surface area contributed by atoms with Crippen LogP contribution in [0.1, 0.15) is 56.8 Å². The molecule has 0 spiro atoms. The van der Waals surface area contributed by atoms with Crippen molar-refractivity contribution in [3.8, 4) is 0 Å². The third-order valence-electron chi connectivity index (χ3n) is 4.81. The fourth-order valence-corrected chi connectivity index (χ4v) is 4.07. The van der Waals surface area contributed by atoms with Crippen molar-refractivity contribution in [1.29, 1.82) is 0 Å². The monoisotopic (exact) mass is 541 g/mol. The van der Waals surface area contributed by atoms with Gasteiger partial charge in [-0.3, -0.25) is 4.79 Å². The van der Waals surface area contributed by atoms with Gasteiger partial charge in [-0.1, -0.05) is 32.9 Å². The van der Waals surface area contributed by atoms with E-state index >= 15 is 0 Å². The first kappa shape index (κ1) is 24.6. The number of guanidine groups is 1. The number of aliphatic imine (C=N–C) groups is 1. The van der Waals surface area contributed by atoms with E-state index in [9.17, 15) is 4.79 Å². The minimum absolute atomic E-state index is 0. The van der Waals surface area contributed by atoms with Crippen LogP contribution in [-0.2, 0) is 23.3 Å². The Kier molecular flexibility index (Phi) is 9.09. The molecule has 2 aromatic rings. The number of carbonyl (C=O) groups is 1. The van der Waals surface area contributed by atoms with Crippen LogP contribution in [0.25, 0.3) is 0 Å². The minimum atomic E-state index is 0. The van der Waals surface area contributed by atoms with Crippen molar-refractivity contribution in [2.45, 2.75) is 59.0 Å². The van der Waals surface area contributed by atoms with Crippen LogP contribution in [-0.4, -0.2) is 29.9 Å². The maximum Gasteiger partial charge on any atom is 0.227 e. The number of hydrogen-bond donors (Lipinski definition) is 2. The lowest BCUT2D eigenvalue weighted by molar-refractivity contribution is -0.117. The largest absolute Gasteiger partial charge is 0.357 e. The molecule has 1 aromatic carbocycles. The normalized spacial score (nSPS) is 14.6. The van der Waals surface area contributed by atoms with Crippen molar-refractivity contribution < 1.29 is 4.79 Å². The van der Waals surface area contributed by atoms with E-state index in [4.69, 9.17) is 4.98 Å². The predicted octanol–water partition coefficient (Wildman–Crippen LogP) is 4.44. The molecule has 2 N–H and O–H groups in total. The van der Waals surface area contributed by atoms with Crippen molar-refractivity contribution >= 4 is 52.9 Å². The summed E-state index contributed by atoms with van der Waals surface area (Å²) in [7, 11) is 0. The van der Waals surface area contributed by atoms with Crippen molar-refractivity contribution in [2.24, 2.45) is 4.99 Å². The summed E-state index contributed by atoms with van der Waals surface area (Å²) in [5.41, 5.74) is 3.28. The third kappa shape index (κ3) is 6.66. The van der Waals surface area contributed by atoms with Crippen LogP contribution < -0.4 is 15.5 Å². The summed E-state index contributed by atoms with van der Waals surface area (Å²) in [6.07, 6.45) is 1.60. The van der Waals surface area contributed by atoms with Crippen LogP contribution in [0, 0.1) is 0 Å².